The molecular weight excluding hydrogens is 388 g/mol. The Labute approximate surface area is 181 Å². The lowest BCUT2D eigenvalue weighted by atomic mass is 10.0. The van der Waals surface area contributed by atoms with Gasteiger partial charge in [0.15, 0.2) is 0 Å². The van der Waals surface area contributed by atoms with Crippen LogP contribution in [0.15, 0.2) is 65.9 Å². The number of hydrogen-bond acceptors (Lipinski definition) is 5. The fourth-order valence-corrected chi connectivity index (χ4v) is 3.79. The van der Waals surface area contributed by atoms with E-state index in [1.165, 1.54) is 5.56 Å². The Balaban J connectivity index is 1.44. The number of carbonyl (C=O) groups excluding carboxylic acids is 1. The van der Waals surface area contributed by atoms with E-state index in [2.05, 4.69) is 38.7 Å². The zero-order valence-electron chi connectivity index (χ0n) is 17.2. The molecule has 3 aromatic rings. The molecule has 1 aliphatic heterocycles. The van der Waals surface area contributed by atoms with Gasteiger partial charge in [-0.1, -0.05) is 48.5 Å². The molecule has 2 heterocycles. The number of amides is 1. The summed E-state index contributed by atoms with van der Waals surface area (Å²) in [6.07, 6.45) is 5.91. The Morgan fingerprint density at radius 2 is 2.00 bits per heavy atom. The number of hydrazone groups is 1. The first-order valence-electron chi connectivity index (χ1n) is 10.4. The third-order valence-corrected chi connectivity index (χ3v) is 5.22. The molecule has 0 atom stereocenters. The van der Waals surface area contributed by atoms with E-state index in [1.54, 1.807) is 10.9 Å². The average molecular weight is 412 g/mol. The summed E-state index contributed by atoms with van der Waals surface area (Å²) in [6, 6.07) is 20.1. The van der Waals surface area contributed by atoms with Gasteiger partial charge >= 0.3 is 0 Å². The smallest absolute Gasteiger partial charge is 0.259 e. The van der Waals surface area contributed by atoms with Crippen molar-refractivity contribution >= 4 is 17.8 Å². The number of benzene rings is 2. The van der Waals surface area contributed by atoms with Crippen LogP contribution < -0.4 is 10.3 Å². The van der Waals surface area contributed by atoms with Crippen molar-refractivity contribution in [2.45, 2.75) is 25.8 Å². The summed E-state index contributed by atoms with van der Waals surface area (Å²) in [4.78, 5) is 14.6. The first kappa shape index (κ1) is 20.4. The zero-order chi connectivity index (χ0) is 21.5. The monoisotopic (exact) mass is 412 g/mol. The molecule has 2 aromatic carbocycles. The van der Waals surface area contributed by atoms with Gasteiger partial charge in [-0.05, 0) is 24.5 Å². The molecule has 7 nitrogen and oxygen atoms in total. The van der Waals surface area contributed by atoms with Crippen LogP contribution in [0.4, 0.5) is 5.69 Å². The number of nitriles is 1. The van der Waals surface area contributed by atoms with Gasteiger partial charge < -0.3 is 4.90 Å². The predicted molar refractivity (Wildman–Crippen MR) is 121 cm³/mol. The minimum absolute atomic E-state index is 0.161. The SMILES string of the molecule is N#CCCn1cc(/C=N\NC(=O)CN2CCCc3ccccc32)c(-c2ccccc2)n1. The lowest BCUT2D eigenvalue weighted by Crippen LogP contribution is -2.38. The largest absolute Gasteiger partial charge is 0.362 e. The van der Waals surface area contributed by atoms with Crippen LogP contribution in [0.25, 0.3) is 11.3 Å². The molecule has 1 N–H and O–H groups in total. The quantitative estimate of drug-likeness (QED) is 0.476. The normalized spacial score (nSPS) is 13.1. The molecule has 31 heavy (non-hydrogen) atoms. The molecule has 1 aromatic heterocycles. The second kappa shape index (κ2) is 9.72. The Hall–Kier alpha value is -3.92. The van der Waals surface area contributed by atoms with Gasteiger partial charge in [-0.15, -0.1) is 0 Å². The number of hydrogen-bond donors (Lipinski definition) is 1. The van der Waals surface area contributed by atoms with Crippen molar-refractivity contribution in [1.29, 1.82) is 5.26 Å². The van der Waals surface area contributed by atoms with Gasteiger partial charge in [0.25, 0.3) is 5.91 Å². The Morgan fingerprint density at radius 3 is 2.84 bits per heavy atom. The van der Waals surface area contributed by atoms with Crippen molar-refractivity contribution in [3.63, 3.8) is 0 Å². The van der Waals surface area contributed by atoms with E-state index in [-0.39, 0.29) is 12.5 Å². The molecule has 7 heteroatoms. The van der Waals surface area contributed by atoms with Gasteiger partial charge in [-0.25, -0.2) is 5.43 Å². The van der Waals surface area contributed by atoms with Crippen LogP contribution in [-0.4, -0.2) is 35.0 Å². The summed E-state index contributed by atoms with van der Waals surface area (Å²) in [7, 11) is 0. The third kappa shape index (κ3) is 4.98. The molecular formula is C24H24N6O. The summed E-state index contributed by atoms with van der Waals surface area (Å²) in [6.45, 7) is 1.63. The second-order valence-corrected chi connectivity index (χ2v) is 7.42. The fraction of sp³-hybridized carbons (Fsp3) is 0.250. The summed E-state index contributed by atoms with van der Waals surface area (Å²) in [5.41, 5.74) is 7.55. The van der Waals surface area contributed by atoms with Crippen molar-refractivity contribution in [2.75, 3.05) is 18.0 Å². The maximum Gasteiger partial charge on any atom is 0.259 e. The highest BCUT2D eigenvalue weighted by atomic mass is 16.2. The van der Waals surface area contributed by atoms with Crippen LogP contribution in [0.2, 0.25) is 0 Å². The fourth-order valence-electron chi connectivity index (χ4n) is 3.79. The van der Waals surface area contributed by atoms with Crippen molar-refractivity contribution < 1.29 is 4.79 Å². The minimum atomic E-state index is -0.161. The van der Waals surface area contributed by atoms with E-state index in [0.29, 0.717) is 13.0 Å². The molecule has 156 valence electrons. The Morgan fingerprint density at radius 1 is 1.19 bits per heavy atom. The topological polar surface area (TPSA) is 86.3 Å². The van der Waals surface area contributed by atoms with Gasteiger partial charge in [0, 0.05) is 29.6 Å². The second-order valence-electron chi connectivity index (χ2n) is 7.42. The average Bonchev–Trinajstić information content (AvgIpc) is 3.21. The van der Waals surface area contributed by atoms with Crippen molar-refractivity contribution in [3.05, 3.63) is 71.9 Å². The molecule has 0 aliphatic carbocycles. The molecule has 0 bridgehead atoms. The van der Waals surface area contributed by atoms with Gasteiger partial charge in [0.1, 0.15) is 5.69 Å². The molecule has 0 unspecified atom stereocenters. The molecule has 0 saturated carbocycles. The number of para-hydroxylation sites is 1. The van der Waals surface area contributed by atoms with Crippen molar-refractivity contribution in [2.24, 2.45) is 5.10 Å². The van der Waals surface area contributed by atoms with Gasteiger partial charge in [0.05, 0.1) is 31.8 Å². The van der Waals surface area contributed by atoms with Crippen LogP contribution in [0, 0.1) is 11.3 Å². The van der Waals surface area contributed by atoms with Gasteiger partial charge in [0.2, 0.25) is 0 Å². The number of fused-ring (bicyclic) bond motifs is 1. The summed E-state index contributed by atoms with van der Waals surface area (Å²) >= 11 is 0. The first-order valence-corrected chi connectivity index (χ1v) is 10.4. The lowest BCUT2D eigenvalue weighted by molar-refractivity contribution is -0.119. The zero-order valence-corrected chi connectivity index (χ0v) is 17.2. The molecule has 0 fully saturated rings. The standard InChI is InChI=1S/C24H24N6O/c25-13-7-15-30-17-21(24(28-30)20-9-2-1-3-10-20)16-26-27-23(31)18-29-14-6-11-19-8-4-5-12-22(19)29/h1-5,8-10,12,16-17H,6-7,11,14-15,18H2,(H,27,31)/b26-16-. The predicted octanol–water partition coefficient (Wildman–Crippen LogP) is 3.37. The van der Waals surface area contributed by atoms with E-state index in [4.69, 9.17) is 5.26 Å². The summed E-state index contributed by atoms with van der Waals surface area (Å²) < 4.78 is 1.74. The number of carbonyl (C=O) groups is 1. The molecule has 0 saturated heterocycles. The highest BCUT2D eigenvalue weighted by Gasteiger charge is 2.18. The molecule has 0 spiro atoms. The molecule has 0 radical (unpaired) electrons. The number of aromatic nitrogens is 2. The maximum atomic E-state index is 12.5. The first-order chi connectivity index (χ1) is 15.2. The molecule has 1 aliphatic rings. The van der Waals surface area contributed by atoms with Crippen LogP contribution >= 0.6 is 0 Å². The Bertz CT molecular complexity index is 1110. The highest BCUT2D eigenvalue weighted by Crippen LogP contribution is 2.26. The van der Waals surface area contributed by atoms with Crippen molar-refractivity contribution in [1.82, 2.24) is 15.2 Å². The number of rotatable bonds is 7. The molecule has 4 rings (SSSR count). The van der Waals surface area contributed by atoms with Crippen LogP contribution in [-0.2, 0) is 17.8 Å². The van der Waals surface area contributed by atoms with E-state index in [0.717, 1.165) is 41.9 Å². The lowest BCUT2D eigenvalue weighted by Gasteiger charge is -2.30. The number of aryl methyl sites for hydroxylation is 2. The van der Waals surface area contributed by atoms with Crippen LogP contribution in [0.1, 0.15) is 24.0 Å². The molecule has 1 amide bonds. The van der Waals surface area contributed by atoms with Gasteiger partial charge in [-0.3, -0.25) is 9.48 Å². The van der Waals surface area contributed by atoms with E-state index in [1.807, 2.05) is 48.7 Å². The van der Waals surface area contributed by atoms with Crippen molar-refractivity contribution in [3.8, 4) is 17.3 Å². The third-order valence-electron chi connectivity index (χ3n) is 5.22. The maximum absolute atomic E-state index is 12.5. The van der Waals surface area contributed by atoms with E-state index < -0.39 is 0 Å². The number of anilines is 1. The van der Waals surface area contributed by atoms with Gasteiger partial charge in [-0.2, -0.15) is 15.5 Å². The Kier molecular flexibility index (Phi) is 6.38. The van der Waals surface area contributed by atoms with E-state index >= 15 is 0 Å². The van der Waals surface area contributed by atoms with E-state index in [9.17, 15) is 4.79 Å². The summed E-state index contributed by atoms with van der Waals surface area (Å²) in [5, 5.41) is 17.6. The summed E-state index contributed by atoms with van der Waals surface area (Å²) in [5.74, 6) is -0.161. The van der Waals surface area contributed by atoms with Crippen LogP contribution in [0.3, 0.4) is 0 Å². The highest BCUT2D eigenvalue weighted by molar-refractivity contribution is 5.90. The number of nitrogens with zero attached hydrogens (tertiary/aromatic N) is 5. The number of nitrogens with one attached hydrogen (secondary N) is 1. The minimum Gasteiger partial charge on any atom is -0.362 e. The van der Waals surface area contributed by atoms with Crippen LogP contribution in [0.5, 0.6) is 0 Å².